The van der Waals surface area contributed by atoms with E-state index in [1.165, 1.54) is 7.11 Å². The highest BCUT2D eigenvalue weighted by atomic mass is 16.5. The number of methoxy groups -OCH3 is 1. The highest BCUT2D eigenvalue weighted by Gasteiger charge is 2.22. The molecule has 2 heterocycles. The molecule has 1 aromatic heterocycles. The summed E-state index contributed by atoms with van der Waals surface area (Å²) in [5.74, 6) is 0.171. The van der Waals surface area contributed by atoms with Crippen LogP contribution in [0.3, 0.4) is 0 Å². The molecule has 0 spiro atoms. The summed E-state index contributed by atoms with van der Waals surface area (Å²) in [6, 6.07) is 1.57. The van der Waals surface area contributed by atoms with Crippen molar-refractivity contribution in [3.8, 4) is 0 Å². The van der Waals surface area contributed by atoms with E-state index in [-0.39, 0.29) is 6.10 Å². The molecule has 0 radical (unpaired) electrons. The maximum Gasteiger partial charge on any atom is 0.340 e. The van der Waals surface area contributed by atoms with Crippen molar-refractivity contribution in [2.75, 3.05) is 37.4 Å². The van der Waals surface area contributed by atoms with Crippen LogP contribution in [0.5, 0.6) is 0 Å². The average molecular weight is 279 g/mol. The molecule has 1 fully saturated rings. The molecule has 6 heteroatoms. The van der Waals surface area contributed by atoms with Crippen molar-refractivity contribution in [1.82, 2.24) is 4.98 Å². The first-order valence-corrected chi connectivity index (χ1v) is 6.86. The predicted octanol–water partition coefficient (Wildman–Crippen LogP) is 1.46. The van der Waals surface area contributed by atoms with Crippen LogP contribution in [0, 0.1) is 0 Å². The molecule has 1 aliphatic heterocycles. The normalized spacial score (nSPS) is 18.0. The molecule has 0 aromatic carbocycles. The summed E-state index contributed by atoms with van der Waals surface area (Å²) in [4.78, 5) is 18.0. The first-order chi connectivity index (χ1) is 9.67. The van der Waals surface area contributed by atoms with Crippen molar-refractivity contribution in [1.29, 1.82) is 0 Å². The number of nitrogens with two attached hydrogens (primary N) is 1. The summed E-state index contributed by atoms with van der Waals surface area (Å²) < 4.78 is 10.4. The Labute approximate surface area is 118 Å². The van der Waals surface area contributed by atoms with Crippen LogP contribution < -0.4 is 10.6 Å². The quantitative estimate of drug-likeness (QED) is 0.822. The van der Waals surface area contributed by atoms with E-state index in [0.717, 1.165) is 32.5 Å². The van der Waals surface area contributed by atoms with Crippen LogP contribution in [0.1, 0.15) is 30.1 Å². The number of hydrogen-bond acceptors (Lipinski definition) is 6. The predicted molar refractivity (Wildman–Crippen MR) is 76.8 cm³/mol. The van der Waals surface area contributed by atoms with E-state index >= 15 is 0 Å². The minimum Gasteiger partial charge on any atom is -0.465 e. The Hall–Kier alpha value is -1.82. The topological polar surface area (TPSA) is 77.7 Å². The maximum atomic E-state index is 11.7. The number of ether oxygens (including phenoxy) is 2. The lowest BCUT2D eigenvalue weighted by Crippen LogP contribution is -2.33. The van der Waals surface area contributed by atoms with Gasteiger partial charge in [-0.1, -0.05) is 0 Å². The summed E-state index contributed by atoms with van der Waals surface area (Å²) in [6.07, 6.45) is 3.93. The van der Waals surface area contributed by atoms with Gasteiger partial charge in [0.1, 0.15) is 0 Å². The Morgan fingerprint density at radius 2 is 2.45 bits per heavy atom. The van der Waals surface area contributed by atoms with Crippen LogP contribution in [-0.2, 0) is 9.47 Å². The molecule has 20 heavy (non-hydrogen) atoms. The SMILES string of the molecule is CCN(CC1CCCO1)c1nccc(C(=O)OC)c1N. The van der Waals surface area contributed by atoms with Gasteiger partial charge in [-0.05, 0) is 25.8 Å². The summed E-state index contributed by atoms with van der Waals surface area (Å²) in [5, 5.41) is 0. The Morgan fingerprint density at radius 1 is 1.65 bits per heavy atom. The van der Waals surface area contributed by atoms with Gasteiger partial charge in [0, 0.05) is 25.9 Å². The van der Waals surface area contributed by atoms with E-state index < -0.39 is 5.97 Å². The van der Waals surface area contributed by atoms with E-state index in [1.54, 1.807) is 12.3 Å². The van der Waals surface area contributed by atoms with E-state index in [9.17, 15) is 4.79 Å². The smallest absolute Gasteiger partial charge is 0.340 e. The lowest BCUT2D eigenvalue weighted by atomic mass is 10.2. The van der Waals surface area contributed by atoms with Crippen LogP contribution in [0.4, 0.5) is 11.5 Å². The van der Waals surface area contributed by atoms with Crippen molar-refractivity contribution in [3.05, 3.63) is 17.8 Å². The number of pyridine rings is 1. The first kappa shape index (κ1) is 14.6. The van der Waals surface area contributed by atoms with Crippen molar-refractivity contribution in [2.45, 2.75) is 25.9 Å². The molecule has 0 saturated carbocycles. The number of nitrogen functional groups attached to an aromatic ring is 1. The molecule has 1 atom stereocenters. The monoisotopic (exact) mass is 279 g/mol. The Kier molecular flexibility index (Phi) is 4.79. The van der Waals surface area contributed by atoms with Gasteiger partial charge in [-0.15, -0.1) is 0 Å². The number of aromatic nitrogens is 1. The third-order valence-corrected chi connectivity index (χ3v) is 3.50. The third kappa shape index (κ3) is 3.01. The molecule has 1 unspecified atom stereocenters. The molecule has 1 aromatic rings. The molecule has 2 rings (SSSR count). The fourth-order valence-corrected chi connectivity index (χ4v) is 2.40. The minimum absolute atomic E-state index is 0.206. The van der Waals surface area contributed by atoms with Crippen molar-refractivity contribution < 1.29 is 14.3 Å². The van der Waals surface area contributed by atoms with Crippen LogP contribution in [-0.4, -0.2) is 43.9 Å². The maximum absolute atomic E-state index is 11.7. The summed E-state index contributed by atoms with van der Waals surface area (Å²) in [7, 11) is 1.34. The summed E-state index contributed by atoms with van der Waals surface area (Å²) in [6.45, 7) is 4.33. The van der Waals surface area contributed by atoms with Crippen molar-refractivity contribution in [2.24, 2.45) is 0 Å². The zero-order valence-corrected chi connectivity index (χ0v) is 12.0. The molecular weight excluding hydrogens is 258 g/mol. The van der Waals surface area contributed by atoms with E-state index in [2.05, 4.69) is 4.98 Å². The van der Waals surface area contributed by atoms with Gasteiger partial charge in [-0.2, -0.15) is 0 Å². The van der Waals surface area contributed by atoms with Crippen LogP contribution in [0.15, 0.2) is 12.3 Å². The lowest BCUT2D eigenvalue weighted by Gasteiger charge is -2.26. The molecule has 2 N–H and O–H groups in total. The van der Waals surface area contributed by atoms with Crippen molar-refractivity contribution in [3.63, 3.8) is 0 Å². The molecule has 0 bridgehead atoms. The number of hydrogen-bond donors (Lipinski definition) is 1. The van der Waals surface area contributed by atoms with E-state index in [4.69, 9.17) is 15.2 Å². The molecule has 0 aliphatic carbocycles. The van der Waals surface area contributed by atoms with Gasteiger partial charge in [0.15, 0.2) is 5.82 Å². The first-order valence-electron chi connectivity index (χ1n) is 6.86. The highest BCUT2D eigenvalue weighted by Crippen LogP contribution is 2.26. The van der Waals surface area contributed by atoms with Gasteiger partial charge in [0.25, 0.3) is 0 Å². The molecule has 6 nitrogen and oxygen atoms in total. The van der Waals surface area contributed by atoms with E-state index in [1.807, 2.05) is 11.8 Å². The second kappa shape index (κ2) is 6.56. The minimum atomic E-state index is -0.445. The fourth-order valence-electron chi connectivity index (χ4n) is 2.40. The number of anilines is 2. The van der Waals surface area contributed by atoms with Gasteiger partial charge in [0.05, 0.1) is 24.5 Å². The number of esters is 1. The molecule has 1 aliphatic rings. The average Bonchev–Trinajstić information content (AvgIpc) is 2.97. The number of likely N-dealkylation sites (N-methyl/N-ethyl adjacent to an activating group) is 1. The molecule has 1 saturated heterocycles. The standard InChI is InChI=1S/C14H21N3O3/c1-3-17(9-10-5-4-8-20-10)13-12(15)11(6-7-16-13)14(18)19-2/h6-7,10H,3-5,8-9,15H2,1-2H3. The highest BCUT2D eigenvalue weighted by molar-refractivity contribution is 5.97. The largest absolute Gasteiger partial charge is 0.465 e. The summed E-state index contributed by atoms with van der Waals surface area (Å²) >= 11 is 0. The van der Waals surface area contributed by atoms with Crippen LogP contribution in [0.25, 0.3) is 0 Å². The van der Waals surface area contributed by atoms with Crippen LogP contribution >= 0.6 is 0 Å². The van der Waals surface area contributed by atoms with E-state index in [0.29, 0.717) is 17.1 Å². The Morgan fingerprint density at radius 3 is 3.05 bits per heavy atom. The molecular formula is C14H21N3O3. The second-order valence-corrected chi connectivity index (χ2v) is 4.76. The number of carbonyl (C=O) groups is 1. The summed E-state index contributed by atoms with van der Waals surface area (Å²) in [5.41, 5.74) is 6.78. The lowest BCUT2D eigenvalue weighted by molar-refractivity contribution is 0.0602. The second-order valence-electron chi connectivity index (χ2n) is 4.76. The van der Waals surface area contributed by atoms with Gasteiger partial charge < -0.3 is 20.1 Å². The van der Waals surface area contributed by atoms with Crippen molar-refractivity contribution >= 4 is 17.5 Å². The molecule has 110 valence electrons. The van der Waals surface area contributed by atoms with Gasteiger partial charge in [-0.25, -0.2) is 9.78 Å². The number of rotatable bonds is 5. The van der Waals surface area contributed by atoms with Crippen LogP contribution in [0.2, 0.25) is 0 Å². The number of nitrogens with zero attached hydrogens (tertiary/aromatic N) is 2. The zero-order chi connectivity index (χ0) is 14.5. The Bertz CT molecular complexity index is 473. The Balaban J connectivity index is 2.22. The van der Waals surface area contributed by atoms with Gasteiger partial charge in [-0.3, -0.25) is 0 Å². The number of carbonyl (C=O) groups excluding carboxylic acids is 1. The third-order valence-electron chi connectivity index (χ3n) is 3.50. The van der Waals surface area contributed by atoms with Gasteiger partial charge >= 0.3 is 5.97 Å². The molecule has 0 amide bonds. The zero-order valence-electron chi connectivity index (χ0n) is 12.0. The fraction of sp³-hybridized carbons (Fsp3) is 0.571. The van der Waals surface area contributed by atoms with Gasteiger partial charge in [0.2, 0.25) is 0 Å².